The second kappa shape index (κ2) is 9.80. The number of allylic oxidation sites excluding steroid dienone is 1. The number of nitrogens with two attached hydrogens (primary N) is 1. The van der Waals surface area contributed by atoms with Crippen molar-refractivity contribution in [2.45, 2.75) is 11.7 Å². The first kappa shape index (κ1) is 21.9. The fraction of sp³-hybridized carbons (Fsp3) is 0.100. The van der Waals surface area contributed by atoms with Crippen molar-refractivity contribution < 1.29 is 9.59 Å². The van der Waals surface area contributed by atoms with Gasteiger partial charge in [-0.15, -0.1) is 16.8 Å². The van der Waals surface area contributed by atoms with E-state index in [0.29, 0.717) is 38.8 Å². The fourth-order valence-electron chi connectivity index (χ4n) is 2.68. The first-order valence-electron chi connectivity index (χ1n) is 8.71. The number of hydrogen-bond donors (Lipinski definition) is 2. The highest BCUT2D eigenvalue weighted by atomic mass is 35.5. The average molecular weight is 462 g/mol. The monoisotopic (exact) mass is 461 g/mol. The smallest absolute Gasteiger partial charge is 0.250 e. The zero-order chi connectivity index (χ0) is 21.7. The van der Waals surface area contributed by atoms with Crippen molar-refractivity contribution in [3.05, 3.63) is 70.7 Å². The zero-order valence-corrected chi connectivity index (χ0v) is 18.0. The van der Waals surface area contributed by atoms with Gasteiger partial charge in [-0.05, 0) is 30.3 Å². The molecular weight excluding hydrogens is 445 g/mol. The van der Waals surface area contributed by atoms with Crippen molar-refractivity contribution in [3.8, 4) is 11.4 Å². The predicted octanol–water partition coefficient (Wildman–Crippen LogP) is 4.27. The van der Waals surface area contributed by atoms with Gasteiger partial charge in [0.1, 0.15) is 0 Å². The average Bonchev–Trinajstić information content (AvgIpc) is 3.09. The lowest BCUT2D eigenvalue weighted by molar-refractivity contribution is -0.113. The lowest BCUT2D eigenvalue weighted by Gasteiger charge is -2.10. The first-order chi connectivity index (χ1) is 14.4. The van der Waals surface area contributed by atoms with Gasteiger partial charge in [-0.2, -0.15) is 0 Å². The number of para-hydroxylation sites is 1. The zero-order valence-electron chi connectivity index (χ0n) is 15.6. The van der Waals surface area contributed by atoms with Gasteiger partial charge < -0.3 is 11.1 Å². The van der Waals surface area contributed by atoms with Gasteiger partial charge in [0.25, 0.3) is 5.91 Å². The Hall–Kier alpha value is -2.81. The molecule has 0 aliphatic rings. The fourth-order valence-corrected chi connectivity index (χ4v) is 3.92. The van der Waals surface area contributed by atoms with E-state index in [4.69, 9.17) is 28.9 Å². The van der Waals surface area contributed by atoms with Crippen LogP contribution in [0.5, 0.6) is 0 Å². The van der Waals surface area contributed by atoms with Gasteiger partial charge in [0, 0.05) is 17.1 Å². The summed E-state index contributed by atoms with van der Waals surface area (Å²) < 4.78 is 1.80. The van der Waals surface area contributed by atoms with E-state index >= 15 is 0 Å². The van der Waals surface area contributed by atoms with Crippen LogP contribution in [0.2, 0.25) is 10.0 Å². The molecule has 1 heterocycles. The summed E-state index contributed by atoms with van der Waals surface area (Å²) in [4.78, 5) is 23.9. The van der Waals surface area contributed by atoms with Gasteiger partial charge in [0.2, 0.25) is 5.91 Å². The van der Waals surface area contributed by atoms with Crippen molar-refractivity contribution in [2.75, 3.05) is 11.1 Å². The maximum Gasteiger partial charge on any atom is 0.250 e. The number of nitrogens with one attached hydrogen (secondary N) is 1. The van der Waals surface area contributed by atoms with Crippen LogP contribution >= 0.6 is 35.0 Å². The Bertz CT molecular complexity index is 1120. The third kappa shape index (κ3) is 5.02. The molecule has 154 valence electrons. The Morgan fingerprint density at radius 1 is 1.20 bits per heavy atom. The van der Waals surface area contributed by atoms with Crippen LogP contribution in [0.25, 0.3) is 11.4 Å². The molecule has 3 rings (SSSR count). The molecule has 0 bridgehead atoms. The van der Waals surface area contributed by atoms with Crippen molar-refractivity contribution in [1.29, 1.82) is 0 Å². The Morgan fingerprint density at radius 2 is 1.97 bits per heavy atom. The molecule has 0 radical (unpaired) electrons. The quantitative estimate of drug-likeness (QED) is 0.385. The minimum Gasteiger partial charge on any atom is -0.366 e. The summed E-state index contributed by atoms with van der Waals surface area (Å²) in [7, 11) is 0. The van der Waals surface area contributed by atoms with Crippen LogP contribution in [0, 0.1) is 0 Å². The number of aromatic nitrogens is 3. The lowest BCUT2D eigenvalue weighted by atomic mass is 10.1. The summed E-state index contributed by atoms with van der Waals surface area (Å²) in [6, 6.07) is 11.6. The van der Waals surface area contributed by atoms with Crippen LogP contribution in [-0.4, -0.2) is 32.3 Å². The van der Waals surface area contributed by atoms with Crippen LogP contribution in [0.1, 0.15) is 10.4 Å². The molecular formula is C20H17Cl2N5O2S. The van der Waals surface area contributed by atoms with Gasteiger partial charge in [0.15, 0.2) is 11.0 Å². The number of hydrogen-bond acceptors (Lipinski definition) is 5. The van der Waals surface area contributed by atoms with Crippen molar-refractivity contribution in [1.82, 2.24) is 14.8 Å². The Balaban J connectivity index is 1.77. The molecule has 0 aliphatic heterocycles. The van der Waals surface area contributed by atoms with Crippen molar-refractivity contribution >= 4 is 52.5 Å². The maximum absolute atomic E-state index is 12.4. The summed E-state index contributed by atoms with van der Waals surface area (Å²) in [6.45, 7) is 4.19. The number of benzene rings is 2. The molecule has 30 heavy (non-hydrogen) atoms. The van der Waals surface area contributed by atoms with E-state index in [1.54, 1.807) is 53.1 Å². The maximum atomic E-state index is 12.4. The molecule has 2 amide bonds. The number of primary amides is 1. The summed E-state index contributed by atoms with van der Waals surface area (Å²) in [6.07, 6.45) is 1.70. The summed E-state index contributed by atoms with van der Waals surface area (Å²) in [5.74, 6) is -0.336. The highest BCUT2D eigenvalue weighted by Crippen LogP contribution is 2.31. The molecule has 7 nitrogen and oxygen atoms in total. The van der Waals surface area contributed by atoms with Gasteiger partial charge in [-0.3, -0.25) is 14.2 Å². The molecule has 0 atom stereocenters. The molecule has 0 fully saturated rings. The second-order valence-electron chi connectivity index (χ2n) is 6.08. The number of anilines is 1. The number of amides is 2. The molecule has 3 N–H and O–H groups in total. The van der Waals surface area contributed by atoms with Crippen LogP contribution < -0.4 is 11.1 Å². The number of rotatable bonds is 8. The van der Waals surface area contributed by atoms with Crippen molar-refractivity contribution in [2.24, 2.45) is 5.73 Å². The Morgan fingerprint density at radius 3 is 2.67 bits per heavy atom. The first-order valence-corrected chi connectivity index (χ1v) is 10.5. The van der Waals surface area contributed by atoms with Gasteiger partial charge in [-0.25, -0.2) is 0 Å². The summed E-state index contributed by atoms with van der Waals surface area (Å²) >= 11 is 13.5. The van der Waals surface area contributed by atoms with E-state index < -0.39 is 5.91 Å². The van der Waals surface area contributed by atoms with Gasteiger partial charge in [0.05, 0.1) is 22.0 Å². The van der Waals surface area contributed by atoms with E-state index in [1.807, 2.05) is 0 Å². The van der Waals surface area contributed by atoms with E-state index in [-0.39, 0.29) is 17.2 Å². The molecule has 2 aromatic carbocycles. The van der Waals surface area contributed by atoms with E-state index in [2.05, 4.69) is 22.1 Å². The Kier molecular flexibility index (Phi) is 7.15. The number of nitrogens with zero attached hydrogens (tertiary/aromatic N) is 3. The van der Waals surface area contributed by atoms with E-state index in [9.17, 15) is 9.59 Å². The number of carbonyl (C=O) groups is 2. The number of thioether (sulfide) groups is 1. The predicted molar refractivity (Wildman–Crippen MR) is 120 cm³/mol. The van der Waals surface area contributed by atoms with Crippen molar-refractivity contribution in [3.63, 3.8) is 0 Å². The molecule has 3 aromatic rings. The van der Waals surface area contributed by atoms with Crippen LogP contribution in [0.3, 0.4) is 0 Å². The second-order valence-corrected chi connectivity index (χ2v) is 7.86. The standard InChI is InChI=1S/C20H17Cl2N5O2S/c1-2-9-27-19(13-8-7-12(21)10-15(13)22)25-26-20(27)30-11-17(28)24-16-6-4-3-5-14(16)18(23)29/h2-8,10H,1,9,11H2,(H2,23,29)(H,24,28). The Labute approximate surface area is 187 Å². The largest absolute Gasteiger partial charge is 0.366 e. The molecule has 0 saturated heterocycles. The molecule has 0 aliphatic carbocycles. The third-order valence-electron chi connectivity index (χ3n) is 4.00. The SMILES string of the molecule is C=CCn1c(SCC(=O)Nc2ccccc2C(N)=O)nnc1-c1ccc(Cl)cc1Cl. The highest BCUT2D eigenvalue weighted by Gasteiger charge is 2.18. The lowest BCUT2D eigenvalue weighted by Crippen LogP contribution is -2.19. The topological polar surface area (TPSA) is 103 Å². The normalized spacial score (nSPS) is 10.6. The highest BCUT2D eigenvalue weighted by molar-refractivity contribution is 7.99. The summed E-state index contributed by atoms with van der Waals surface area (Å²) in [5, 5.41) is 12.6. The summed E-state index contributed by atoms with van der Waals surface area (Å²) in [5.41, 5.74) is 6.61. The number of halogens is 2. The molecule has 0 spiro atoms. The van der Waals surface area contributed by atoms with Crippen LogP contribution in [-0.2, 0) is 11.3 Å². The van der Waals surface area contributed by atoms with Crippen LogP contribution in [0.15, 0.2) is 60.3 Å². The molecule has 10 heteroatoms. The van der Waals surface area contributed by atoms with E-state index in [0.717, 1.165) is 0 Å². The van der Waals surface area contributed by atoms with Gasteiger partial charge >= 0.3 is 0 Å². The molecule has 1 aromatic heterocycles. The van der Waals surface area contributed by atoms with Gasteiger partial charge in [-0.1, -0.05) is 53.2 Å². The minimum absolute atomic E-state index is 0.0523. The molecule has 0 saturated carbocycles. The third-order valence-corrected chi connectivity index (χ3v) is 5.51. The number of carbonyl (C=O) groups excluding carboxylic acids is 2. The van der Waals surface area contributed by atoms with Crippen LogP contribution in [0.4, 0.5) is 5.69 Å². The minimum atomic E-state index is -0.617. The molecule has 0 unspecified atom stereocenters. The van der Waals surface area contributed by atoms with E-state index in [1.165, 1.54) is 11.8 Å².